The molecular formula is C13H7Cl3N2. The van der Waals surface area contributed by atoms with E-state index in [0.717, 1.165) is 11.1 Å². The van der Waals surface area contributed by atoms with Crippen molar-refractivity contribution in [2.24, 2.45) is 0 Å². The minimum atomic E-state index is 0.246. The molecule has 2 rings (SSSR count). The first-order chi connectivity index (χ1) is 8.61. The zero-order valence-electron chi connectivity index (χ0n) is 9.12. The van der Waals surface area contributed by atoms with Crippen LogP contribution in [0.1, 0.15) is 5.56 Å². The van der Waals surface area contributed by atoms with Crippen LogP contribution in [0.3, 0.4) is 0 Å². The highest BCUT2D eigenvalue weighted by Gasteiger charge is 2.07. The van der Waals surface area contributed by atoms with Crippen LogP contribution in [0, 0.1) is 11.3 Å². The predicted octanol–water partition coefficient (Wildman–Crippen LogP) is 4.77. The fourth-order valence-electron chi connectivity index (χ4n) is 1.51. The molecule has 0 amide bonds. The lowest BCUT2D eigenvalue weighted by Gasteiger charge is -2.05. The number of rotatable bonds is 2. The van der Waals surface area contributed by atoms with Crippen molar-refractivity contribution in [3.63, 3.8) is 0 Å². The zero-order chi connectivity index (χ0) is 13.1. The highest BCUT2D eigenvalue weighted by Crippen LogP contribution is 2.29. The van der Waals surface area contributed by atoms with E-state index in [9.17, 15) is 0 Å². The summed E-state index contributed by atoms with van der Waals surface area (Å²) in [6.07, 6.45) is 1.78. The van der Waals surface area contributed by atoms with Gasteiger partial charge in [-0.1, -0.05) is 40.9 Å². The van der Waals surface area contributed by atoms with Gasteiger partial charge >= 0.3 is 0 Å². The number of benzene rings is 1. The molecule has 0 saturated heterocycles. The van der Waals surface area contributed by atoms with Crippen LogP contribution < -0.4 is 0 Å². The van der Waals surface area contributed by atoms with Crippen molar-refractivity contribution in [2.75, 3.05) is 0 Å². The summed E-state index contributed by atoms with van der Waals surface area (Å²) in [6.45, 7) is 0. The lowest BCUT2D eigenvalue weighted by Crippen LogP contribution is -1.90. The molecule has 2 nitrogen and oxygen atoms in total. The first kappa shape index (κ1) is 13.2. The Bertz CT molecular complexity index is 633. The van der Waals surface area contributed by atoms with Crippen molar-refractivity contribution >= 4 is 34.8 Å². The number of pyridine rings is 1. The average molecular weight is 298 g/mol. The Morgan fingerprint density at radius 3 is 2.50 bits per heavy atom. The molecule has 0 unspecified atom stereocenters. The Labute approximate surface area is 120 Å². The van der Waals surface area contributed by atoms with Gasteiger partial charge in [-0.2, -0.15) is 5.26 Å². The maximum Gasteiger partial charge on any atom is 0.0706 e. The van der Waals surface area contributed by atoms with Crippen molar-refractivity contribution in [3.05, 3.63) is 51.1 Å². The second kappa shape index (κ2) is 5.58. The molecule has 0 spiro atoms. The van der Waals surface area contributed by atoms with E-state index in [1.54, 1.807) is 18.2 Å². The molecule has 0 aliphatic rings. The van der Waals surface area contributed by atoms with Crippen molar-refractivity contribution in [1.82, 2.24) is 4.98 Å². The molecular weight excluding hydrogens is 291 g/mol. The molecule has 0 saturated carbocycles. The highest BCUT2D eigenvalue weighted by atomic mass is 35.5. The number of aromatic nitrogens is 1. The van der Waals surface area contributed by atoms with Gasteiger partial charge in [-0.05, 0) is 23.8 Å². The van der Waals surface area contributed by atoms with Gasteiger partial charge in [-0.25, -0.2) is 0 Å². The molecule has 1 aromatic carbocycles. The lowest BCUT2D eigenvalue weighted by atomic mass is 10.1. The van der Waals surface area contributed by atoms with E-state index in [4.69, 9.17) is 40.1 Å². The molecule has 1 aromatic heterocycles. The van der Waals surface area contributed by atoms with Crippen LogP contribution in [0.15, 0.2) is 30.5 Å². The van der Waals surface area contributed by atoms with Gasteiger partial charge in [0.1, 0.15) is 0 Å². The largest absolute Gasteiger partial charge is 0.255 e. The molecule has 0 fully saturated rings. The van der Waals surface area contributed by atoms with Crippen molar-refractivity contribution in [1.29, 1.82) is 5.26 Å². The van der Waals surface area contributed by atoms with Gasteiger partial charge in [-0.3, -0.25) is 4.98 Å². The molecule has 0 aliphatic heterocycles. The minimum absolute atomic E-state index is 0.246. The zero-order valence-corrected chi connectivity index (χ0v) is 11.4. The van der Waals surface area contributed by atoms with Crippen molar-refractivity contribution in [2.45, 2.75) is 6.42 Å². The van der Waals surface area contributed by atoms with Gasteiger partial charge in [-0.15, -0.1) is 0 Å². The first-order valence-corrected chi connectivity index (χ1v) is 6.22. The molecule has 0 aliphatic carbocycles. The van der Waals surface area contributed by atoms with Crippen molar-refractivity contribution < 1.29 is 0 Å². The van der Waals surface area contributed by atoms with E-state index >= 15 is 0 Å². The Hall–Kier alpha value is -1.27. The topological polar surface area (TPSA) is 36.7 Å². The van der Waals surface area contributed by atoms with E-state index in [2.05, 4.69) is 11.1 Å². The van der Waals surface area contributed by atoms with E-state index in [1.165, 1.54) is 6.20 Å². The third kappa shape index (κ3) is 2.76. The third-order valence-electron chi connectivity index (χ3n) is 2.42. The summed E-state index contributed by atoms with van der Waals surface area (Å²) in [7, 11) is 0. The van der Waals surface area contributed by atoms with E-state index in [1.807, 2.05) is 6.07 Å². The third-order valence-corrected chi connectivity index (χ3v) is 3.50. The molecule has 1 heterocycles. The smallest absolute Gasteiger partial charge is 0.0706 e. The minimum Gasteiger partial charge on any atom is -0.255 e. The van der Waals surface area contributed by atoms with E-state index in [-0.39, 0.29) is 6.42 Å². The molecule has 18 heavy (non-hydrogen) atoms. The summed E-state index contributed by atoms with van der Waals surface area (Å²) in [5.74, 6) is 0. The number of hydrogen-bond acceptors (Lipinski definition) is 2. The second-order valence-electron chi connectivity index (χ2n) is 3.62. The number of nitriles is 1. The average Bonchev–Trinajstić information content (AvgIpc) is 2.36. The molecule has 0 N–H and O–H groups in total. The second-order valence-corrected chi connectivity index (χ2v) is 4.85. The standard InChI is InChI=1S/C13H7Cl3N2/c14-10-2-1-9(5-11(10)15)13-6-8(3-4-17)12(16)7-18-13/h1-2,5-7H,3H2. The van der Waals surface area contributed by atoms with Gasteiger partial charge in [0.25, 0.3) is 0 Å². The normalized spacial score (nSPS) is 10.1. The van der Waals surface area contributed by atoms with Crippen LogP contribution in [0.4, 0.5) is 0 Å². The lowest BCUT2D eigenvalue weighted by molar-refractivity contribution is 1.21. The predicted molar refractivity (Wildman–Crippen MR) is 74.0 cm³/mol. The Balaban J connectivity index is 2.48. The summed E-state index contributed by atoms with van der Waals surface area (Å²) in [5, 5.41) is 10.2. The summed E-state index contributed by atoms with van der Waals surface area (Å²) < 4.78 is 0. The maximum atomic E-state index is 8.72. The molecule has 0 bridgehead atoms. The van der Waals surface area contributed by atoms with Gasteiger partial charge < -0.3 is 0 Å². The fourth-order valence-corrected chi connectivity index (χ4v) is 1.98. The van der Waals surface area contributed by atoms with E-state index < -0.39 is 0 Å². The van der Waals surface area contributed by atoms with Crippen LogP contribution in [-0.2, 0) is 6.42 Å². The van der Waals surface area contributed by atoms with Crippen LogP contribution in [0.5, 0.6) is 0 Å². The fraction of sp³-hybridized carbons (Fsp3) is 0.0769. The van der Waals surface area contributed by atoms with Crippen molar-refractivity contribution in [3.8, 4) is 17.3 Å². The van der Waals surface area contributed by atoms with Gasteiger partial charge in [0.05, 0.1) is 33.3 Å². The number of halogens is 3. The SMILES string of the molecule is N#CCc1cc(-c2ccc(Cl)c(Cl)c2)ncc1Cl. The molecule has 5 heteroatoms. The Morgan fingerprint density at radius 1 is 1.06 bits per heavy atom. The maximum absolute atomic E-state index is 8.72. The molecule has 90 valence electrons. The summed E-state index contributed by atoms with van der Waals surface area (Å²) in [5.41, 5.74) is 2.29. The Morgan fingerprint density at radius 2 is 1.83 bits per heavy atom. The van der Waals surface area contributed by atoms with Crippen LogP contribution in [0.2, 0.25) is 15.1 Å². The van der Waals surface area contributed by atoms with E-state index in [0.29, 0.717) is 20.8 Å². The monoisotopic (exact) mass is 296 g/mol. The van der Waals surface area contributed by atoms with Gasteiger partial charge in [0, 0.05) is 11.8 Å². The molecule has 2 aromatic rings. The summed E-state index contributed by atoms with van der Waals surface area (Å²) >= 11 is 17.8. The number of nitrogens with zero attached hydrogens (tertiary/aromatic N) is 2. The molecule has 0 radical (unpaired) electrons. The summed E-state index contributed by atoms with van der Waals surface area (Å²) in [4.78, 5) is 4.22. The van der Waals surface area contributed by atoms with Gasteiger partial charge in [0.15, 0.2) is 0 Å². The van der Waals surface area contributed by atoms with Crippen LogP contribution >= 0.6 is 34.8 Å². The van der Waals surface area contributed by atoms with Crippen LogP contribution in [0.25, 0.3) is 11.3 Å². The van der Waals surface area contributed by atoms with Gasteiger partial charge in [0.2, 0.25) is 0 Å². The summed E-state index contributed by atoms with van der Waals surface area (Å²) in [6, 6.07) is 9.11. The number of hydrogen-bond donors (Lipinski definition) is 0. The Kier molecular flexibility index (Phi) is 4.08. The molecule has 0 atom stereocenters. The quantitative estimate of drug-likeness (QED) is 0.800. The first-order valence-electron chi connectivity index (χ1n) is 5.08. The highest BCUT2D eigenvalue weighted by molar-refractivity contribution is 6.42. The van der Waals surface area contributed by atoms with Crippen LogP contribution in [-0.4, -0.2) is 4.98 Å².